The number of rotatable bonds is 6. The van der Waals surface area contributed by atoms with Crippen LogP contribution in [0.5, 0.6) is 0 Å². The van der Waals surface area contributed by atoms with Crippen molar-refractivity contribution in [3.05, 3.63) is 31.8 Å². The number of nitrogens with zero attached hydrogens (tertiary/aromatic N) is 1. The number of nitrogens with one attached hydrogen (secondary N) is 1. The normalized spacial score (nSPS) is 11.1. The molecule has 0 spiro atoms. The number of H-pyrrole nitrogens is 1. The number of hydrogen-bond acceptors (Lipinski definition) is 4. The first-order chi connectivity index (χ1) is 9.52. The third-order valence-electron chi connectivity index (χ3n) is 3.10. The number of aryl methyl sites for hydroxylation is 1. The van der Waals surface area contributed by atoms with Crippen LogP contribution in [-0.2, 0) is 17.8 Å². The van der Waals surface area contributed by atoms with Gasteiger partial charge < -0.3 is 5.11 Å². The van der Waals surface area contributed by atoms with Crippen LogP contribution in [0, 0.1) is 0 Å². The van der Waals surface area contributed by atoms with Gasteiger partial charge in [0, 0.05) is 17.8 Å². The van der Waals surface area contributed by atoms with E-state index in [1.54, 1.807) is 0 Å². The van der Waals surface area contributed by atoms with Crippen molar-refractivity contribution in [3.8, 4) is 0 Å². The minimum Gasteiger partial charge on any atom is -0.481 e. The molecule has 0 bridgehead atoms. The van der Waals surface area contributed by atoms with E-state index in [9.17, 15) is 14.4 Å². The van der Waals surface area contributed by atoms with Gasteiger partial charge in [-0.15, -0.1) is 11.3 Å². The molecule has 108 valence electrons. The minimum absolute atomic E-state index is 0.0489. The lowest BCUT2D eigenvalue weighted by Crippen LogP contribution is -2.34. The van der Waals surface area contributed by atoms with Crippen LogP contribution in [-0.4, -0.2) is 20.6 Å². The van der Waals surface area contributed by atoms with Crippen molar-refractivity contribution in [2.75, 3.05) is 0 Å². The summed E-state index contributed by atoms with van der Waals surface area (Å²) in [4.78, 5) is 38.9. The Morgan fingerprint density at radius 3 is 2.80 bits per heavy atom. The molecule has 0 amide bonds. The van der Waals surface area contributed by atoms with Gasteiger partial charge in [-0.05, 0) is 25.3 Å². The average molecular weight is 296 g/mol. The van der Waals surface area contributed by atoms with E-state index in [1.165, 1.54) is 11.3 Å². The Bertz CT molecular complexity index is 741. The number of fused-ring (bicyclic) bond motifs is 1. The highest BCUT2D eigenvalue weighted by molar-refractivity contribution is 7.18. The first kappa shape index (κ1) is 14.5. The quantitative estimate of drug-likeness (QED) is 0.791. The SMILES string of the molecule is CCc1cc2c(=O)n(CCCCC(=O)O)c(=O)[nH]c2s1. The van der Waals surface area contributed by atoms with Gasteiger partial charge in [0.25, 0.3) is 5.56 Å². The summed E-state index contributed by atoms with van der Waals surface area (Å²) in [5.74, 6) is -0.868. The molecule has 0 aliphatic carbocycles. The summed E-state index contributed by atoms with van der Waals surface area (Å²) in [6.45, 7) is 2.24. The molecule has 2 heterocycles. The van der Waals surface area contributed by atoms with Crippen LogP contribution in [0.4, 0.5) is 0 Å². The van der Waals surface area contributed by atoms with E-state index in [-0.39, 0.29) is 18.5 Å². The zero-order chi connectivity index (χ0) is 14.7. The summed E-state index contributed by atoms with van der Waals surface area (Å²) >= 11 is 1.42. The van der Waals surface area contributed by atoms with Crippen molar-refractivity contribution < 1.29 is 9.90 Å². The Morgan fingerprint density at radius 2 is 2.15 bits per heavy atom. The largest absolute Gasteiger partial charge is 0.481 e. The van der Waals surface area contributed by atoms with Gasteiger partial charge in [0.15, 0.2) is 0 Å². The van der Waals surface area contributed by atoms with Gasteiger partial charge in [-0.1, -0.05) is 6.92 Å². The highest BCUT2D eigenvalue weighted by Crippen LogP contribution is 2.20. The van der Waals surface area contributed by atoms with E-state index in [0.717, 1.165) is 15.9 Å². The highest BCUT2D eigenvalue weighted by Gasteiger charge is 2.10. The lowest BCUT2D eigenvalue weighted by atomic mass is 10.2. The summed E-state index contributed by atoms with van der Waals surface area (Å²) in [5.41, 5.74) is -0.725. The molecule has 0 aromatic carbocycles. The fourth-order valence-electron chi connectivity index (χ4n) is 2.02. The number of unbranched alkanes of at least 4 members (excludes halogenated alkanes) is 1. The fraction of sp³-hybridized carbons (Fsp3) is 0.462. The maximum atomic E-state index is 12.2. The molecule has 0 aliphatic heterocycles. The Labute approximate surface area is 118 Å². The van der Waals surface area contributed by atoms with Crippen LogP contribution in [0.3, 0.4) is 0 Å². The van der Waals surface area contributed by atoms with Crippen molar-refractivity contribution in [2.24, 2.45) is 0 Å². The number of thiophene rings is 1. The third kappa shape index (κ3) is 2.98. The van der Waals surface area contributed by atoms with E-state index in [4.69, 9.17) is 5.11 Å². The Morgan fingerprint density at radius 1 is 1.40 bits per heavy atom. The zero-order valence-corrected chi connectivity index (χ0v) is 12.0. The molecule has 2 aromatic heterocycles. The van der Waals surface area contributed by atoms with Gasteiger partial charge in [0.05, 0.1) is 5.39 Å². The molecule has 0 saturated carbocycles. The maximum absolute atomic E-state index is 12.2. The molecule has 0 unspecified atom stereocenters. The summed E-state index contributed by atoms with van der Waals surface area (Å²) in [6.07, 6.45) is 1.81. The number of aromatic nitrogens is 2. The van der Waals surface area contributed by atoms with Crippen molar-refractivity contribution in [1.82, 2.24) is 9.55 Å². The average Bonchev–Trinajstić information content (AvgIpc) is 2.80. The Hall–Kier alpha value is -1.89. The molecular formula is C13H16N2O4S. The second-order valence-electron chi connectivity index (χ2n) is 4.55. The number of carboxylic acids is 1. The van der Waals surface area contributed by atoms with Gasteiger partial charge in [-0.25, -0.2) is 4.79 Å². The van der Waals surface area contributed by atoms with Crippen molar-refractivity contribution in [1.29, 1.82) is 0 Å². The minimum atomic E-state index is -0.868. The van der Waals surface area contributed by atoms with E-state index in [0.29, 0.717) is 23.1 Å². The van der Waals surface area contributed by atoms with Gasteiger partial charge >= 0.3 is 11.7 Å². The van der Waals surface area contributed by atoms with Gasteiger partial charge in [-0.3, -0.25) is 19.1 Å². The molecule has 2 rings (SSSR count). The smallest absolute Gasteiger partial charge is 0.329 e. The predicted molar refractivity (Wildman–Crippen MR) is 77.6 cm³/mol. The molecule has 2 aromatic rings. The molecular weight excluding hydrogens is 280 g/mol. The second kappa shape index (κ2) is 6.04. The summed E-state index contributed by atoms with van der Waals surface area (Å²) < 4.78 is 1.15. The predicted octanol–water partition coefficient (Wildman–Crippen LogP) is 1.57. The summed E-state index contributed by atoms with van der Waals surface area (Å²) in [5, 5.41) is 9.09. The molecule has 0 fully saturated rings. The van der Waals surface area contributed by atoms with Crippen LogP contribution >= 0.6 is 11.3 Å². The van der Waals surface area contributed by atoms with Crippen LogP contribution in [0.25, 0.3) is 10.2 Å². The van der Waals surface area contributed by atoms with Gasteiger partial charge in [0.2, 0.25) is 0 Å². The van der Waals surface area contributed by atoms with Crippen LogP contribution in [0.2, 0.25) is 0 Å². The van der Waals surface area contributed by atoms with Gasteiger partial charge in [-0.2, -0.15) is 0 Å². The van der Waals surface area contributed by atoms with Crippen molar-refractivity contribution in [2.45, 2.75) is 39.2 Å². The Kier molecular flexibility index (Phi) is 4.39. The molecule has 0 aliphatic rings. The lowest BCUT2D eigenvalue weighted by molar-refractivity contribution is -0.137. The standard InChI is InChI=1S/C13H16N2O4S/c1-2-8-7-9-11(20-8)14-13(19)15(12(9)18)6-4-3-5-10(16)17/h7H,2-6H2,1H3,(H,14,19)(H,16,17). The molecule has 0 atom stereocenters. The number of aliphatic carboxylic acids is 1. The highest BCUT2D eigenvalue weighted by atomic mass is 32.1. The zero-order valence-electron chi connectivity index (χ0n) is 11.1. The Balaban J connectivity index is 2.27. The molecule has 7 heteroatoms. The monoisotopic (exact) mass is 296 g/mol. The van der Waals surface area contributed by atoms with E-state index >= 15 is 0 Å². The van der Waals surface area contributed by atoms with Crippen molar-refractivity contribution >= 4 is 27.5 Å². The number of aromatic amines is 1. The number of hydrogen-bond donors (Lipinski definition) is 2. The van der Waals surface area contributed by atoms with E-state index < -0.39 is 11.7 Å². The van der Waals surface area contributed by atoms with Crippen LogP contribution < -0.4 is 11.2 Å². The fourth-order valence-corrected chi connectivity index (χ4v) is 3.00. The van der Waals surface area contributed by atoms with Crippen LogP contribution in [0.1, 0.15) is 31.1 Å². The number of carbonyl (C=O) groups is 1. The number of carboxylic acid groups (broad SMARTS) is 1. The maximum Gasteiger partial charge on any atom is 0.329 e. The third-order valence-corrected chi connectivity index (χ3v) is 4.29. The first-order valence-corrected chi connectivity index (χ1v) is 7.32. The van der Waals surface area contributed by atoms with Crippen molar-refractivity contribution in [3.63, 3.8) is 0 Å². The second-order valence-corrected chi connectivity index (χ2v) is 5.68. The molecule has 0 radical (unpaired) electrons. The topological polar surface area (TPSA) is 92.2 Å². The van der Waals surface area contributed by atoms with E-state index in [1.807, 2.05) is 13.0 Å². The molecule has 0 saturated heterocycles. The molecule has 20 heavy (non-hydrogen) atoms. The van der Waals surface area contributed by atoms with E-state index in [2.05, 4.69) is 4.98 Å². The van der Waals surface area contributed by atoms with Crippen LogP contribution in [0.15, 0.2) is 15.7 Å². The summed E-state index contributed by atoms with van der Waals surface area (Å²) in [7, 11) is 0. The lowest BCUT2D eigenvalue weighted by Gasteiger charge is -2.03. The first-order valence-electron chi connectivity index (χ1n) is 6.50. The van der Waals surface area contributed by atoms with Gasteiger partial charge in [0.1, 0.15) is 4.83 Å². The summed E-state index contributed by atoms with van der Waals surface area (Å²) in [6, 6.07) is 1.81. The molecule has 6 nitrogen and oxygen atoms in total. The molecule has 2 N–H and O–H groups in total.